The first-order valence-electron chi connectivity index (χ1n) is 4.32. The topological polar surface area (TPSA) is 43.4 Å². The summed E-state index contributed by atoms with van der Waals surface area (Å²) in [6.07, 6.45) is 1.59. The molecule has 0 saturated carbocycles. The van der Waals surface area contributed by atoms with Gasteiger partial charge in [0.25, 0.3) is 0 Å². The van der Waals surface area contributed by atoms with Crippen molar-refractivity contribution in [2.24, 2.45) is 0 Å². The average Bonchev–Trinajstić information content (AvgIpc) is 2.18. The van der Waals surface area contributed by atoms with Gasteiger partial charge in [-0.15, -0.1) is 0 Å². The SMILES string of the molecule is C=C(C)C(=O)Oc1ccc(S(C)=O)cc1. The van der Waals surface area contributed by atoms with Crippen LogP contribution in [0.3, 0.4) is 0 Å². The summed E-state index contributed by atoms with van der Waals surface area (Å²) in [5, 5.41) is 0. The highest BCUT2D eigenvalue weighted by molar-refractivity contribution is 7.84. The Bertz CT molecular complexity index is 406. The molecule has 1 atom stereocenters. The van der Waals surface area contributed by atoms with E-state index in [1.165, 1.54) is 0 Å². The molecule has 80 valence electrons. The van der Waals surface area contributed by atoms with E-state index in [0.29, 0.717) is 16.2 Å². The van der Waals surface area contributed by atoms with Gasteiger partial charge in [0.1, 0.15) is 5.75 Å². The summed E-state index contributed by atoms with van der Waals surface area (Å²) in [6, 6.07) is 6.55. The molecule has 0 aliphatic heterocycles. The van der Waals surface area contributed by atoms with Crippen molar-refractivity contribution in [3.8, 4) is 5.75 Å². The van der Waals surface area contributed by atoms with Crippen molar-refractivity contribution >= 4 is 16.8 Å². The lowest BCUT2D eigenvalue weighted by Gasteiger charge is -2.03. The summed E-state index contributed by atoms with van der Waals surface area (Å²) < 4.78 is 16.0. The quantitative estimate of drug-likeness (QED) is 0.447. The van der Waals surface area contributed by atoms with Crippen LogP contribution in [0, 0.1) is 0 Å². The molecule has 0 fully saturated rings. The predicted molar refractivity (Wildman–Crippen MR) is 59.2 cm³/mol. The molecular weight excluding hydrogens is 212 g/mol. The molecule has 0 bridgehead atoms. The Balaban J connectivity index is 2.77. The fourth-order valence-corrected chi connectivity index (χ4v) is 1.41. The number of carbonyl (C=O) groups excluding carboxylic acids is 1. The van der Waals surface area contributed by atoms with Gasteiger partial charge in [-0.3, -0.25) is 4.21 Å². The van der Waals surface area contributed by atoms with Crippen molar-refractivity contribution in [2.45, 2.75) is 11.8 Å². The number of rotatable bonds is 3. The van der Waals surface area contributed by atoms with E-state index in [-0.39, 0.29) is 0 Å². The van der Waals surface area contributed by atoms with E-state index in [1.54, 1.807) is 37.4 Å². The fourth-order valence-electron chi connectivity index (χ4n) is 0.893. The van der Waals surface area contributed by atoms with Crippen molar-refractivity contribution in [3.05, 3.63) is 36.4 Å². The van der Waals surface area contributed by atoms with Crippen LogP contribution in [0.4, 0.5) is 0 Å². The van der Waals surface area contributed by atoms with Crippen LogP contribution in [0.2, 0.25) is 0 Å². The first-order chi connectivity index (χ1) is 7.00. The third-order valence-corrected chi connectivity index (χ3v) is 2.65. The molecule has 0 aliphatic carbocycles. The molecule has 0 radical (unpaired) electrons. The van der Waals surface area contributed by atoms with E-state index in [0.717, 1.165) is 0 Å². The van der Waals surface area contributed by atoms with Crippen LogP contribution in [-0.4, -0.2) is 16.4 Å². The third-order valence-electron chi connectivity index (χ3n) is 1.71. The largest absolute Gasteiger partial charge is 0.423 e. The zero-order chi connectivity index (χ0) is 11.4. The van der Waals surface area contributed by atoms with E-state index in [2.05, 4.69) is 6.58 Å². The van der Waals surface area contributed by atoms with E-state index < -0.39 is 16.8 Å². The van der Waals surface area contributed by atoms with Crippen LogP contribution in [-0.2, 0) is 15.6 Å². The standard InChI is InChI=1S/C11H12O3S/c1-8(2)11(12)14-9-4-6-10(7-5-9)15(3)13/h4-7H,1H2,2-3H3. The molecule has 1 aromatic carbocycles. The summed E-state index contributed by atoms with van der Waals surface area (Å²) >= 11 is 0. The summed E-state index contributed by atoms with van der Waals surface area (Å²) in [5.74, 6) is -0.0300. The van der Waals surface area contributed by atoms with E-state index >= 15 is 0 Å². The molecule has 0 saturated heterocycles. The summed E-state index contributed by atoms with van der Waals surface area (Å²) in [6.45, 7) is 5.05. The van der Waals surface area contributed by atoms with Gasteiger partial charge in [0.05, 0.1) is 0 Å². The molecule has 4 heteroatoms. The second-order valence-electron chi connectivity index (χ2n) is 3.10. The molecule has 0 N–H and O–H groups in total. The van der Waals surface area contributed by atoms with Crippen LogP contribution in [0.5, 0.6) is 5.75 Å². The molecule has 0 aromatic heterocycles. The van der Waals surface area contributed by atoms with Crippen molar-refractivity contribution in [3.63, 3.8) is 0 Å². The maximum Gasteiger partial charge on any atom is 0.338 e. The highest BCUT2D eigenvalue weighted by atomic mass is 32.2. The highest BCUT2D eigenvalue weighted by Gasteiger charge is 2.05. The van der Waals surface area contributed by atoms with Gasteiger partial charge >= 0.3 is 5.97 Å². The molecule has 0 amide bonds. The minimum absolute atomic E-state index is 0.346. The van der Waals surface area contributed by atoms with Crippen molar-refractivity contribution in [1.29, 1.82) is 0 Å². The molecule has 1 rings (SSSR count). The minimum atomic E-state index is -1.02. The zero-order valence-electron chi connectivity index (χ0n) is 8.65. The number of esters is 1. The van der Waals surface area contributed by atoms with Gasteiger partial charge in [0, 0.05) is 27.5 Å². The van der Waals surface area contributed by atoms with Crippen LogP contribution < -0.4 is 4.74 Å². The van der Waals surface area contributed by atoms with Crippen LogP contribution >= 0.6 is 0 Å². The maximum atomic E-state index is 11.1. The third kappa shape index (κ3) is 3.32. The number of benzene rings is 1. The monoisotopic (exact) mass is 224 g/mol. The van der Waals surface area contributed by atoms with E-state index in [1.807, 2.05) is 0 Å². The number of hydrogen-bond donors (Lipinski definition) is 0. The molecule has 0 heterocycles. The summed E-state index contributed by atoms with van der Waals surface area (Å²) in [7, 11) is -1.02. The van der Waals surface area contributed by atoms with Gasteiger partial charge in [-0.25, -0.2) is 4.79 Å². The Morgan fingerprint density at radius 3 is 2.27 bits per heavy atom. The Morgan fingerprint density at radius 2 is 1.87 bits per heavy atom. The summed E-state index contributed by atoms with van der Waals surface area (Å²) in [5.41, 5.74) is 0.346. The fraction of sp³-hybridized carbons (Fsp3) is 0.182. The van der Waals surface area contributed by atoms with Gasteiger partial charge in [-0.2, -0.15) is 0 Å². The Labute approximate surface area is 91.2 Å². The minimum Gasteiger partial charge on any atom is -0.423 e. The average molecular weight is 224 g/mol. The van der Waals surface area contributed by atoms with Gasteiger partial charge in [-0.1, -0.05) is 6.58 Å². The second kappa shape index (κ2) is 4.89. The lowest BCUT2D eigenvalue weighted by Crippen LogP contribution is -2.08. The number of ether oxygens (including phenoxy) is 1. The first kappa shape index (κ1) is 11.7. The van der Waals surface area contributed by atoms with Crippen LogP contribution in [0.25, 0.3) is 0 Å². The van der Waals surface area contributed by atoms with Crippen molar-refractivity contribution in [2.75, 3.05) is 6.26 Å². The van der Waals surface area contributed by atoms with Gasteiger partial charge in [0.15, 0.2) is 0 Å². The Hall–Kier alpha value is -1.42. The second-order valence-corrected chi connectivity index (χ2v) is 4.48. The van der Waals surface area contributed by atoms with Crippen LogP contribution in [0.15, 0.2) is 41.3 Å². The Kier molecular flexibility index (Phi) is 3.80. The first-order valence-corrected chi connectivity index (χ1v) is 5.87. The normalized spacial score (nSPS) is 11.9. The molecule has 0 aliphatic rings. The molecule has 15 heavy (non-hydrogen) atoms. The number of hydrogen-bond acceptors (Lipinski definition) is 3. The predicted octanol–water partition coefficient (Wildman–Crippen LogP) is 1.91. The van der Waals surface area contributed by atoms with Crippen molar-refractivity contribution in [1.82, 2.24) is 0 Å². The zero-order valence-corrected chi connectivity index (χ0v) is 9.47. The lowest BCUT2D eigenvalue weighted by atomic mass is 10.3. The lowest BCUT2D eigenvalue weighted by molar-refractivity contribution is -0.130. The van der Waals surface area contributed by atoms with Gasteiger partial charge in [0.2, 0.25) is 0 Å². The maximum absolute atomic E-state index is 11.1. The van der Waals surface area contributed by atoms with Gasteiger partial charge < -0.3 is 4.74 Å². The molecule has 1 unspecified atom stereocenters. The molecule has 0 spiro atoms. The Morgan fingerprint density at radius 1 is 1.33 bits per heavy atom. The van der Waals surface area contributed by atoms with Crippen LogP contribution in [0.1, 0.15) is 6.92 Å². The molecule has 3 nitrogen and oxygen atoms in total. The smallest absolute Gasteiger partial charge is 0.338 e. The molecule has 1 aromatic rings. The molecular formula is C11H12O3S. The van der Waals surface area contributed by atoms with Gasteiger partial charge in [-0.05, 0) is 31.2 Å². The van der Waals surface area contributed by atoms with E-state index in [4.69, 9.17) is 4.74 Å². The number of carbonyl (C=O) groups is 1. The van der Waals surface area contributed by atoms with Crippen molar-refractivity contribution < 1.29 is 13.7 Å². The highest BCUT2D eigenvalue weighted by Crippen LogP contribution is 2.15. The summed E-state index contributed by atoms with van der Waals surface area (Å²) in [4.78, 5) is 11.8. The van der Waals surface area contributed by atoms with E-state index in [9.17, 15) is 9.00 Å².